The first-order chi connectivity index (χ1) is 16.4. The molecule has 2 rings (SSSR count). The van der Waals surface area contributed by atoms with Gasteiger partial charge in [-0.1, -0.05) is 20.4 Å². The largest absolute Gasteiger partial charge is 0.497 e. The van der Waals surface area contributed by atoms with Crippen LogP contribution in [-0.4, -0.2) is 49.8 Å². The summed E-state index contributed by atoms with van der Waals surface area (Å²) in [5, 5.41) is 8.77. The van der Waals surface area contributed by atoms with Gasteiger partial charge in [-0.3, -0.25) is 4.79 Å². The first-order valence-corrected chi connectivity index (χ1v) is 10.4. The number of unbranched alkanes of at least 4 members (excludes halogenated alkanes) is 1. The molecule has 9 heteroatoms. The van der Waals surface area contributed by atoms with Gasteiger partial charge in [0.2, 0.25) is 0 Å². The molecule has 0 aliphatic carbocycles. The van der Waals surface area contributed by atoms with E-state index in [9.17, 15) is 19.2 Å². The van der Waals surface area contributed by atoms with Crippen LogP contribution in [0.5, 0.6) is 11.5 Å². The van der Waals surface area contributed by atoms with E-state index in [2.05, 4.69) is 16.1 Å². The van der Waals surface area contributed by atoms with Crippen LogP contribution < -0.4 is 9.47 Å². The van der Waals surface area contributed by atoms with Crippen LogP contribution in [0.1, 0.15) is 47.4 Å². The van der Waals surface area contributed by atoms with Gasteiger partial charge in [0, 0.05) is 6.08 Å². The van der Waals surface area contributed by atoms with Crippen LogP contribution in [0, 0.1) is 0 Å². The third-order valence-electron chi connectivity index (χ3n) is 3.77. The Kier molecular flexibility index (Phi) is 16.2. The summed E-state index contributed by atoms with van der Waals surface area (Å²) in [4.78, 5) is 42.7. The summed E-state index contributed by atoms with van der Waals surface area (Å²) in [7, 11) is 1.54. The highest BCUT2D eigenvalue weighted by Gasteiger charge is 2.09. The minimum atomic E-state index is -1.03. The molecule has 0 atom stereocenters. The average molecular weight is 475 g/mol. The highest BCUT2D eigenvalue weighted by molar-refractivity contribution is 5.91. The summed E-state index contributed by atoms with van der Waals surface area (Å²) >= 11 is 0. The number of hydrogen-bond donors (Lipinski definition) is 1. The molecule has 9 nitrogen and oxygen atoms in total. The second-order valence-electron chi connectivity index (χ2n) is 5.99. The number of esters is 2. The number of aromatic carboxylic acids is 1. The molecule has 0 saturated carbocycles. The number of hydrogen-bond acceptors (Lipinski definition) is 8. The van der Waals surface area contributed by atoms with E-state index >= 15 is 0 Å². The number of carbonyl (C=O) groups is 4. The first kappa shape index (κ1) is 29.9. The lowest BCUT2D eigenvalue weighted by molar-refractivity contribution is -0.138. The van der Waals surface area contributed by atoms with Gasteiger partial charge in [0.1, 0.15) is 11.5 Å². The number of ether oxygens (including phenoxy) is 4. The summed E-state index contributed by atoms with van der Waals surface area (Å²) < 4.78 is 19.2. The van der Waals surface area contributed by atoms with Gasteiger partial charge in [-0.25, -0.2) is 14.4 Å². The molecule has 0 unspecified atom stereocenters. The molecule has 0 aromatic heterocycles. The van der Waals surface area contributed by atoms with Gasteiger partial charge in [-0.2, -0.15) is 0 Å². The third-order valence-corrected chi connectivity index (χ3v) is 3.77. The Labute approximate surface area is 198 Å². The van der Waals surface area contributed by atoms with Crippen molar-refractivity contribution in [3.05, 3.63) is 72.3 Å². The summed E-state index contributed by atoms with van der Waals surface area (Å²) in [5.74, 6) is -1.04. The molecule has 2 aromatic carbocycles. The van der Waals surface area contributed by atoms with Crippen molar-refractivity contribution in [3.63, 3.8) is 0 Å². The Morgan fingerprint density at radius 3 is 1.91 bits per heavy atom. The van der Waals surface area contributed by atoms with E-state index in [0.29, 0.717) is 43.8 Å². The molecule has 1 N–H and O–H groups in total. The van der Waals surface area contributed by atoms with Crippen molar-refractivity contribution in [1.82, 2.24) is 0 Å². The first-order valence-electron chi connectivity index (χ1n) is 10.4. The lowest BCUT2D eigenvalue weighted by Gasteiger charge is -2.05. The van der Waals surface area contributed by atoms with Crippen molar-refractivity contribution < 1.29 is 43.2 Å². The van der Waals surface area contributed by atoms with Crippen LogP contribution >= 0.6 is 0 Å². The number of carboxylic acid groups (broad SMARTS) is 1. The second kappa shape index (κ2) is 18.4. The zero-order valence-corrected chi connectivity index (χ0v) is 19.5. The fourth-order valence-corrected chi connectivity index (χ4v) is 2.13. The molecule has 34 heavy (non-hydrogen) atoms. The summed E-state index contributed by atoms with van der Waals surface area (Å²) in [5.41, 5.74) is 0.516. The smallest absolute Gasteiger partial charge is 0.343 e. The molecule has 0 amide bonds. The Morgan fingerprint density at radius 1 is 0.882 bits per heavy atom. The molecule has 2 aromatic rings. The predicted molar refractivity (Wildman–Crippen MR) is 125 cm³/mol. The van der Waals surface area contributed by atoms with Gasteiger partial charge in [0.25, 0.3) is 6.47 Å². The Morgan fingerprint density at radius 2 is 1.41 bits per heavy atom. The summed E-state index contributed by atoms with van der Waals surface area (Å²) in [6, 6.07) is 12.1. The molecular weight excluding hydrogens is 444 g/mol. The molecule has 0 aliphatic heterocycles. The van der Waals surface area contributed by atoms with E-state index in [1.54, 1.807) is 24.3 Å². The van der Waals surface area contributed by atoms with Crippen molar-refractivity contribution in [2.24, 2.45) is 0 Å². The van der Waals surface area contributed by atoms with E-state index in [-0.39, 0.29) is 11.3 Å². The highest BCUT2D eigenvalue weighted by atomic mass is 16.5. The fourth-order valence-electron chi connectivity index (χ4n) is 2.13. The quantitative estimate of drug-likeness (QED) is 0.167. The monoisotopic (exact) mass is 474 g/mol. The molecular formula is C25H30O9. The maximum absolute atomic E-state index is 11.9. The molecule has 0 aliphatic rings. The average Bonchev–Trinajstić information content (AvgIpc) is 2.88. The SMILES string of the molecule is C=CC(=O)OCCCCOC=O.CC.COc1ccc(C(=O)Oc2ccc(C(=O)O)cc2)cc1. The fraction of sp³-hybridized carbons (Fsp3) is 0.280. The van der Waals surface area contributed by atoms with Gasteiger partial charge in [0.15, 0.2) is 0 Å². The molecule has 0 fully saturated rings. The maximum atomic E-state index is 11.9. The van der Waals surface area contributed by atoms with Crippen molar-refractivity contribution in [3.8, 4) is 11.5 Å². The zero-order valence-electron chi connectivity index (χ0n) is 19.5. The van der Waals surface area contributed by atoms with E-state index < -0.39 is 17.9 Å². The maximum Gasteiger partial charge on any atom is 0.343 e. The van der Waals surface area contributed by atoms with Crippen molar-refractivity contribution in [1.29, 1.82) is 0 Å². The molecule has 0 saturated heterocycles. The van der Waals surface area contributed by atoms with E-state index in [4.69, 9.17) is 14.6 Å². The molecule has 184 valence electrons. The number of benzene rings is 2. The van der Waals surface area contributed by atoms with Gasteiger partial charge >= 0.3 is 17.9 Å². The van der Waals surface area contributed by atoms with Crippen molar-refractivity contribution in [2.75, 3.05) is 20.3 Å². The van der Waals surface area contributed by atoms with Crippen LogP contribution in [0.4, 0.5) is 0 Å². The minimum absolute atomic E-state index is 0.134. The lowest BCUT2D eigenvalue weighted by atomic mass is 10.2. The van der Waals surface area contributed by atoms with Crippen LogP contribution in [0.15, 0.2) is 61.2 Å². The zero-order chi connectivity index (χ0) is 25.8. The Bertz CT molecular complexity index is 888. The second-order valence-corrected chi connectivity index (χ2v) is 5.99. The van der Waals surface area contributed by atoms with Gasteiger partial charge in [-0.15, -0.1) is 0 Å². The minimum Gasteiger partial charge on any atom is -0.497 e. The van der Waals surface area contributed by atoms with Gasteiger partial charge in [-0.05, 0) is 61.4 Å². The molecule has 0 bridgehead atoms. The molecule has 0 heterocycles. The standard InChI is InChI=1S/C15H12O5.C8H12O4.C2H6/c1-19-12-6-4-11(5-7-12)15(18)20-13-8-2-10(3-9-13)14(16)17;1-2-8(10)12-6-4-3-5-11-7-9;1-2/h2-9H,1H3,(H,16,17);2,7H,1,3-6H2;1-2H3. The number of methoxy groups -OCH3 is 1. The van der Waals surface area contributed by atoms with Crippen LogP contribution in [0.25, 0.3) is 0 Å². The van der Waals surface area contributed by atoms with E-state index in [1.807, 2.05) is 13.8 Å². The predicted octanol–water partition coefficient (Wildman–Crippen LogP) is 4.31. The number of rotatable bonds is 11. The molecule has 0 spiro atoms. The number of carbonyl (C=O) groups excluding carboxylic acids is 3. The van der Waals surface area contributed by atoms with E-state index in [1.165, 1.54) is 31.4 Å². The van der Waals surface area contributed by atoms with Crippen LogP contribution in [0.2, 0.25) is 0 Å². The van der Waals surface area contributed by atoms with E-state index in [0.717, 1.165) is 6.08 Å². The van der Waals surface area contributed by atoms with Gasteiger partial charge in [0.05, 0.1) is 31.5 Å². The normalized spacial score (nSPS) is 9.03. The highest BCUT2D eigenvalue weighted by Crippen LogP contribution is 2.16. The van der Waals surface area contributed by atoms with Gasteiger partial charge < -0.3 is 24.1 Å². The third kappa shape index (κ3) is 12.7. The number of carboxylic acids is 1. The van der Waals surface area contributed by atoms with Crippen molar-refractivity contribution in [2.45, 2.75) is 26.7 Å². The summed E-state index contributed by atoms with van der Waals surface area (Å²) in [6.07, 6.45) is 2.50. The van der Waals surface area contributed by atoms with Crippen molar-refractivity contribution >= 4 is 24.4 Å². The van der Waals surface area contributed by atoms with Crippen LogP contribution in [-0.2, 0) is 19.1 Å². The Hall–Kier alpha value is -4.14. The summed E-state index contributed by atoms with van der Waals surface area (Å²) in [6.45, 7) is 8.35. The topological polar surface area (TPSA) is 125 Å². The van der Waals surface area contributed by atoms with Crippen LogP contribution in [0.3, 0.4) is 0 Å². The Balaban J connectivity index is 0.000000670. The lowest BCUT2D eigenvalue weighted by Crippen LogP contribution is -2.08. The molecule has 0 radical (unpaired) electrons.